The smallest absolute Gasteiger partial charge is 0.117 e. The summed E-state index contributed by atoms with van der Waals surface area (Å²) in [6.07, 6.45) is 5.49. The molecule has 1 fully saturated rings. The molecule has 1 aromatic rings. The molecule has 1 atom stereocenters. The van der Waals surface area contributed by atoms with E-state index >= 15 is 0 Å². The summed E-state index contributed by atoms with van der Waals surface area (Å²) in [6.45, 7) is 6.41. The zero-order valence-corrected chi connectivity index (χ0v) is 10.9. The molecule has 17 heavy (non-hydrogen) atoms. The van der Waals surface area contributed by atoms with Crippen LogP contribution in [0.4, 0.5) is 0 Å². The molecule has 1 aromatic heterocycles. The maximum absolute atomic E-state index is 6.11. The van der Waals surface area contributed by atoms with Gasteiger partial charge in [0, 0.05) is 18.6 Å². The lowest BCUT2D eigenvalue weighted by molar-refractivity contribution is 0.219. The average Bonchev–Trinajstić information content (AvgIpc) is 3.02. The molecular weight excluding hydrogens is 212 g/mol. The van der Waals surface area contributed by atoms with Gasteiger partial charge in [-0.25, -0.2) is 0 Å². The summed E-state index contributed by atoms with van der Waals surface area (Å²) in [5.74, 6) is 1.63. The number of hydrogen-bond donors (Lipinski definition) is 1. The molecule has 2 rings (SSSR count). The first-order chi connectivity index (χ1) is 8.16. The molecule has 0 aromatic carbocycles. The standard InChI is InChI=1S/C14H24N2O/c1-11(2)14(15)7-8-16(12-5-6-12)10-13-4-3-9-17-13/h3-4,9,11-12,14H,5-8,10,15H2,1-2H3. The van der Waals surface area contributed by atoms with Gasteiger partial charge in [0.2, 0.25) is 0 Å². The molecule has 0 radical (unpaired) electrons. The minimum Gasteiger partial charge on any atom is -0.468 e. The minimum atomic E-state index is 0.313. The van der Waals surface area contributed by atoms with Crippen LogP contribution < -0.4 is 5.73 Å². The highest BCUT2D eigenvalue weighted by Gasteiger charge is 2.29. The Balaban J connectivity index is 1.81. The molecule has 0 bridgehead atoms. The summed E-state index contributed by atoms with van der Waals surface area (Å²) in [6, 6.07) is 5.09. The lowest BCUT2D eigenvalue weighted by Crippen LogP contribution is -2.34. The molecule has 0 amide bonds. The van der Waals surface area contributed by atoms with Crippen molar-refractivity contribution in [3.05, 3.63) is 24.2 Å². The van der Waals surface area contributed by atoms with E-state index in [4.69, 9.17) is 10.2 Å². The molecule has 0 saturated heterocycles. The van der Waals surface area contributed by atoms with Crippen LogP contribution in [-0.4, -0.2) is 23.5 Å². The molecule has 1 aliphatic rings. The predicted molar refractivity (Wildman–Crippen MR) is 69.6 cm³/mol. The third kappa shape index (κ3) is 3.86. The van der Waals surface area contributed by atoms with Crippen molar-refractivity contribution in [2.75, 3.05) is 6.54 Å². The SMILES string of the molecule is CC(C)C(N)CCN(Cc1ccco1)C1CC1. The highest BCUT2D eigenvalue weighted by atomic mass is 16.3. The third-order valence-corrected chi connectivity index (χ3v) is 3.61. The molecule has 3 nitrogen and oxygen atoms in total. The van der Waals surface area contributed by atoms with Crippen molar-refractivity contribution in [1.82, 2.24) is 4.90 Å². The summed E-state index contributed by atoms with van der Waals surface area (Å²) in [7, 11) is 0. The molecule has 1 unspecified atom stereocenters. The summed E-state index contributed by atoms with van der Waals surface area (Å²) < 4.78 is 5.42. The van der Waals surface area contributed by atoms with Crippen molar-refractivity contribution in [3.8, 4) is 0 Å². The van der Waals surface area contributed by atoms with Crippen molar-refractivity contribution in [1.29, 1.82) is 0 Å². The Bertz CT molecular complexity index is 317. The van der Waals surface area contributed by atoms with Crippen LogP contribution in [0.25, 0.3) is 0 Å². The molecule has 1 saturated carbocycles. The summed E-state index contributed by atoms with van der Waals surface area (Å²) in [5.41, 5.74) is 6.11. The van der Waals surface area contributed by atoms with E-state index < -0.39 is 0 Å². The number of hydrogen-bond acceptors (Lipinski definition) is 3. The number of rotatable bonds is 7. The van der Waals surface area contributed by atoms with E-state index in [1.165, 1.54) is 12.8 Å². The first kappa shape index (κ1) is 12.7. The van der Waals surface area contributed by atoms with Crippen LogP contribution in [-0.2, 0) is 6.54 Å². The van der Waals surface area contributed by atoms with Gasteiger partial charge in [0.1, 0.15) is 5.76 Å². The normalized spacial score (nSPS) is 17.9. The van der Waals surface area contributed by atoms with E-state index in [1.807, 2.05) is 6.07 Å². The Labute approximate surface area is 104 Å². The summed E-state index contributed by atoms with van der Waals surface area (Å²) in [5, 5.41) is 0. The van der Waals surface area contributed by atoms with Crippen LogP contribution >= 0.6 is 0 Å². The fraction of sp³-hybridized carbons (Fsp3) is 0.714. The number of nitrogens with two attached hydrogens (primary N) is 1. The van der Waals surface area contributed by atoms with Gasteiger partial charge in [-0.05, 0) is 37.3 Å². The molecule has 96 valence electrons. The minimum absolute atomic E-state index is 0.313. The maximum Gasteiger partial charge on any atom is 0.117 e. The largest absolute Gasteiger partial charge is 0.468 e. The fourth-order valence-corrected chi connectivity index (χ4v) is 2.08. The van der Waals surface area contributed by atoms with Crippen LogP contribution in [0.5, 0.6) is 0 Å². The van der Waals surface area contributed by atoms with Gasteiger partial charge in [0.15, 0.2) is 0 Å². The molecule has 0 spiro atoms. The van der Waals surface area contributed by atoms with E-state index in [9.17, 15) is 0 Å². The van der Waals surface area contributed by atoms with Gasteiger partial charge in [0.05, 0.1) is 12.8 Å². The van der Waals surface area contributed by atoms with Gasteiger partial charge in [-0.15, -0.1) is 0 Å². The van der Waals surface area contributed by atoms with E-state index in [0.717, 1.165) is 31.3 Å². The van der Waals surface area contributed by atoms with E-state index in [1.54, 1.807) is 6.26 Å². The quantitative estimate of drug-likeness (QED) is 0.791. The van der Waals surface area contributed by atoms with E-state index in [0.29, 0.717) is 12.0 Å². The van der Waals surface area contributed by atoms with Crippen LogP contribution in [0.2, 0.25) is 0 Å². The Morgan fingerprint density at radius 3 is 2.76 bits per heavy atom. The molecule has 0 aliphatic heterocycles. The third-order valence-electron chi connectivity index (χ3n) is 3.61. The molecule has 2 N–H and O–H groups in total. The second kappa shape index (κ2) is 5.69. The van der Waals surface area contributed by atoms with Crippen LogP contribution in [0.1, 0.15) is 38.9 Å². The van der Waals surface area contributed by atoms with Gasteiger partial charge in [-0.1, -0.05) is 13.8 Å². The van der Waals surface area contributed by atoms with Gasteiger partial charge >= 0.3 is 0 Å². The number of nitrogens with zero attached hydrogens (tertiary/aromatic N) is 1. The highest BCUT2D eigenvalue weighted by Crippen LogP contribution is 2.28. The van der Waals surface area contributed by atoms with Crippen molar-refractivity contribution in [3.63, 3.8) is 0 Å². The van der Waals surface area contributed by atoms with Gasteiger partial charge < -0.3 is 10.2 Å². The van der Waals surface area contributed by atoms with Crippen LogP contribution in [0.15, 0.2) is 22.8 Å². The summed E-state index contributed by atoms with van der Waals surface area (Å²) in [4.78, 5) is 2.51. The van der Waals surface area contributed by atoms with Crippen LogP contribution in [0.3, 0.4) is 0 Å². The maximum atomic E-state index is 6.11. The molecule has 1 aliphatic carbocycles. The summed E-state index contributed by atoms with van der Waals surface area (Å²) >= 11 is 0. The first-order valence-corrected chi connectivity index (χ1v) is 6.69. The molecular formula is C14H24N2O. The fourth-order valence-electron chi connectivity index (χ4n) is 2.08. The Hall–Kier alpha value is -0.800. The Kier molecular flexibility index (Phi) is 4.24. The van der Waals surface area contributed by atoms with Crippen molar-refractivity contribution in [2.24, 2.45) is 11.7 Å². The van der Waals surface area contributed by atoms with Crippen LogP contribution in [0, 0.1) is 5.92 Å². The zero-order valence-electron chi connectivity index (χ0n) is 10.9. The van der Waals surface area contributed by atoms with Crippen molar-refractivity contribution < 1.29 is 4.42 Å². The Morgan fingerprint density at radius 2 is 2.24 bits per heavy atom. The topological polar surface area (TPSA) is 42.4 Å². The van der Waals surface area contributed by atoms with E-state index in [-0.39, 0.29) is 0 Å². The van der Waals surface area contributed by atoms with Gasteiger partial charge in [0.25, 0.3) is 0 Å². The van der Waals surface area contributed by atoms with Crippen molar-refractivity contribution >= 4 is 0 Å². The van der Waals surface area contributed by atoms with Gasteiger partial charge in [-0.2, -0.15) is 0 Å². The average molecular weight is 236 g/mol. The second-order valence-electron chi connectivity index (χ2n) is 5.48. The first-order valence-electron chi connectivity index (χ1n) is 6.69. The second-order valence-corrected chi connectivity index (χ2v) is 5.48. The lowest BCUT2D eigenvalue weighted by Gasteiger charge is -2.24. The number of furan rings is 1. The van der Waals surface area contributed by atoms with Crippen molar-refractivity contribution in [2.45, 2.75) is 51.7 Å². The zero-order chi connectivity index (χ0) is 12.3. The monoisotopic (exact) mass is 236 g/mol. The lowest BCUT2D eigenvalue weighted by atomic mass is 10.0. The predicted octanol–water partition coefficient (Wildman–Crippen LogP) is 2.62. The Morgan fingerprint density at radius 1 is 1.47 bits per heavy atom. The molecule has 3 heteroatoms. The van der Waals surface area contributed by atoms with E-state index in [2.05, 4.69) is 24.8 Å². The molecule has 1 heterocycles. The van der Waals surface area contributed by atoms with Gasteiger partial charge in [-0.3, -0.25) is 4.90 Å². The highest BCUT2D eigenvalue weighted by molar-refractivity contribution is 4.99.